The number of allylic oxidation sites excluding steroid dienone is 8. The zero-order valence-electron chi connectivity index (χ0n) is 14.7. The number of benzene rings is 2. The van der Waals surface area contributed by atoms with Crippen LogP contribution in [0.2, 0.25) is 0 Å². The summed E-state index contributed by atoms with van der Waals surface area (Å²) in [5, 5.41) is 0. The summed E-state index contributed by atoms with van der Waals surface area (Å²) in [6, 6.07) is 15.4. The van der Waals surface area contributed by atoms with Crippen molar-refractivity contribution in [1.29, 1.82) is 0 Å². The fraction of sp³-hybridized carbons (Fsp3) is 0.0833. The van der Waals surface area contributed by atoms with Gasteiger partial charge in [0.05, 0.1) is 0 Å². The molecule has 0 amide bonds. The minimum absolute atomic E-state index is 0.0487. The molecule has 0 heterocycles. The summed E-state index contributed by atoms with van der Waals surface area (Å²) >= 11 is 0. The van der Waals surface area contributed by atoms with Crippen molar-refractivity contribution in [1.82, 2.24) is 0 Å². The first-order valence-corrected chi connectivity index (χ1v) is 8.63. The Morgan fingerprint density at radius 2 is 0.923 bits per heavy atom. The number of fused-ring (bicyclic) bond motifs is 2. The topological polar surface area (TPSA) is 34.1 Å². The standard InChI is InChI=1S/C24H18O2/c1-15-13-23(25)21-9-5-3-7-19(21)17(15)11-12-18-16(2)14-24(26)22-10-6-4-8-20(18)22/h3-14H,1-2H3/b17-11-,18-12-. The zero-order chi connectivity index (χ0) is 18.3. The van der Waals surface area contributed by atoms with Gasteiger partial charge in [-0.2, -0.15) is 0 Å². The van der Waals surface area contributed by atoms with Crippen LogP contribution in [0.15, 0.2) is 84.0 Å². The van der Waals surface area contributed by atoms with Crippen LogP contribution in [0.1, 0.15) is 45.7 Å². The van der Waals surface area contributed by atoms with Crippen LogP contribution in [0.5, 0.6) is 0 Å². The van der Waals surface area contributed by atoms with Crippen molar-refractivity contribution >= 4 is 22.7 Å². The Morgan fingerprint density at radius 1 is 0.577 bits per heavy atom. The van der Waals surface area contributed by atoms with Gasteiger partial charge in [-0.15, -0.1) is 0 Å². The Bertz CT molecular complexity index is 987. The summed E-state index contributed by atoms with van der Waals surface area (Å²) < 4.78 is 0. The minimum atomic E-state index is 0.0487. The van der Waals surface area contributed by atoms with Crippen LogP contribution in [0, 0.1) is 0 Å². The lowest BCUT2D eigenvalue weighted by Gasteiger charge is -2.19. The van der Waals surface area contributed by atoms with E-state index in [1.165, 1.54) is 0 Å². The molecule has 0 fully saturated rings. The minimum Gasteiger partial charge on any atom is -0.289 e. The molecule has 2 aromatic rings. The average molecular weight is 338 g/mol. The molecule has 0 N–H and O–H groups in total. The number of carbonyl (C=O) groups is 2. The summed E-state index contributed by atoms with van der Waals surface area (Å²) in [6.45, 7) is 3.92. The van der Waals surface area contributed by atoms with Crippen LogP contribution < -0.4 is 0 Å². The molecule has 4 rings (SSSR count). The van der Waals surface area contributed by atoms with Gasteiger partial charge in [-0.3, -0.25) is 9.59 Å². The Balaban J connectivity index is 1.87. The second kappa shape index (κ2) is 6.23. The maximum Gasteiger partial charge on any atom is 0.186 e. The second-order valence-corrected chi connectivity index (χ2v) is 6.64. The third kappa shape index (κ3) is 2.60. The van der Waals surface area contributed by atoms with E-state index in [0.717, 1.165) is 44.5 Å². The van der Waals surface area contributed by atoms with Crippen molar-refractivity contribution in [3.05, 3.63) is 106 Å². The number of hydrogen-bond acceptors (Lipinski definition) is 2. The quantitative estimate of drug-likeness (QED) is 0.694. The van der Waals surface area contributed by atoms with Gasteiger partial charge in [-0.05, 0) is 59.4 Å². The SMILES string of the molecule is CC1=CC(=O)c2ccccc2/C1=C\C=C1\C(C)=CC(=O)c2ccccc21. The number of rotatable bonds is 1. The third-order valence-corrected chi connectivity index (χ3v) is 4.93. The fourth-order valence-electron chi connectivity index (χ4n) is 3.60. The molecular weight excluding hydrogens is 320 g/mol. The normalized spacial score (nSPS) is 19.2. The predicted octanol–water partition coefficient (Wildman–Crippen LogP) is 5.44. The highest BCUT2D eigenvalue weighted by atomic mass is 16.1. The molecule has 0 saturated heterocycles. The molecule has 0 bridgehead atoms. The maximum atomic E-state index is 12.2. The van der Waals surface area contributed by atoms with E-state index >= 15 is 0 Å². The first-order chi connectivity index (χ1) is 12.6. The van der Waals surface area contributed by atoms with Gasteiger partial charge in [0.25, 0.3) is 0 Å². The molecule has 2 nitrogen and oxygen atoms in total. The molecule has 0 saturated carbocycles. The van der Waals surface area contributed by atoms with Gasteiger partial charge in [0, 0.05) is 11.1 Å². The average Bonchev–Trinajstić information content (AvgIpc) is 2.64. The summed E-state index contributed by atoms with van der Waals surface area (Å²) in [5.41, 5.74) is 7.35. The van der Waals surface area contributed by atoms with Crippen molar-refractivity contribution in [3.8, 4) is 0 Å². The Labute approximate surface area is 152 Å². The van der Waals surface area contributed by atoms with Gasteiger partial charge < -0.3 is 0 Å². The lowest BCUT2D eigenvalue weighted by atomic mass is 9.84. The van der Waals surface area contributed by atoms with E-state index in [4.69, 9.17) is 0 Å². The van der Waals surface area contributed by atoms with E-state index in [2.05, 4.69) is 12.2 Å². The first-order valence-electron chi connectivity index (χ1n) is 8.63. The van der Waals surface area contributed by atoms with Crippen molar-refractivity contribution in [2.45, 2.75) is 13.8 Å². The summed E-state index contributed by atoms with van der Waals surface area (Å²) in [6.07, 6.45) is 7.48. The molecule has 0 aromatic heterocycles. The fourth-order valence-corrected chi connectivity index (χ4v) is 3.60. The molecule has 0 atom stereocenters. The lowest BCUT2D eigenvalue weighted by Crippen LogP contribution is -2.08. The molecule has 2 heteroatoms. The highest BCUT2D eigenvalue weighted by Gasteiger charge is 2.21. The largest absolute Gasteiger partial charge is 0.289 e. The Hall–Kier alpha value is -3.26. The molecule has 0 unspecified atom stereocenters. The Kier molecular flexibility index (Phi) is 3.89. The summed E-state index contributed by atoms with van der Waals surface area (Å²) in [7, 11) is 0. The molecule has 0 spiro atoms. The molecule has 26 heavy (non-hydrogen) atoms. The molecule has 0 radical (unpaired) electrons. The van der Waals surface area contributed by atoms with E-state index < -0.39 is 0 Å². The molecule has 2 aliphatic carbocycles. The smallest absolute Gasteiger partial charge is 0.186 e. The van der Waals surface area contributed by atoms with E-state index in [1.807, 2.05) is 62.4 Å². The van der Waals surface area contributed by atoms with Crippen molar-refractivity contribution in [2.24, 2.45) is 0 Å². The van der Waals surface area contributed by atoms with Gasteiger partial charge in [0.1, 0.15) is 0 Å². The molecule has 2 aromatic carbocycles. The van der Waals surface area contributed by atoms with Crippen molar-refractivity contribution in [3.63, 3.8) is 0 Å². The van der Waals surface area contributed by atoms with E-state index in [-0.39, 0.29) is 11.6 Å². The summed E-state index contributed by atoms with van der Waals surface area (Å²) in [5.74, 6) is 0.0974. The van der Waals surface area contributed by atoms with Crippen LogP contribution in [0.3, 0.4) is 0 Å². The summed E-state index contributed by atoms with van der Waals surface area (Å²) in [4.78, 5) is 24.5. The van der Waals surface area contributed by atoms with Crippen molar-refractivity contribution in [2.75, 3.05) is 0 Å². The van der Waals surface area contributed by atoms with E-state index in [1.54, 1.807) is 12.2 Å². The molecule has 0 aliphatic heterocycles. The molecule has 2 aliphatic rings. The molecular formula is C24H18O2. The van der Waals surface area contributed by atoms with Crippen LogP contribution in [0.25, 0.3) is 11.1 Å². The Morgan fingerprint density at radius 3 is 1.31 bits per heavy atom. The van der Waals surface area contributed by atoms with Crippen LogP contribution in [-0.4, -0.2) is 11.6 Å². The number of carbonyl (C=O) groups excluding carboxylic acids is 2. The predicted molar refractivity (Wildman–Crippen MR) is 105 cm³/mol. The highest BCUT2D eigenvalue weighted by Crippen LogP contribution is 2.34. The highest BCUT2D eigenvalue weighted by molar-refractivity contribution is 6.15. The zero-order valence-corrected chi connectivity index (χ0v) is 14.7. The van der Waals surface area contributed by atoms with Gasteiger partial charge in [0.15, 0.2) is 11.6 Å². The monoisotopic (exact) mass is 338 g/mol. The maximum absolute atomic E-state index is 12.2. The number of hydrogen-bond donors (Lipinski definition) is 0. The van der Waals surface area contributed by atoms with Gasteiger partial charge >= 0.3 is 0 Å². The van der Waals surface area contributed by atoms with Crippen LogP contribution in [-0.2, 0) is 0 Å². The van der Waals surface area contributed by atoms with Gasteiger partial charge in [-0.25, -0.2) is 0 Å². The van der Waals surface area contributed by atoms with E-state index in [9.17, 15) is 9.59 Å². The van der Waals surface area contributed by atoms with Crippen LogP contribution in [0.4, 0.5) is 0 Å². The number of ketones is 2. The molecule has 126 valence electrons. The van der Waals surface area contributed by atoms with Gasteiger partial charge in [0.2, 0.25) is 0 Å². The van der Waals surface area contributed by atoms with E-state index in [0.29, 0.717) is 0 Å². The second-order valence-electron chi connectivity index (χ2n) is 6.64. The van der Waals surface area contributed by atoms with Crippen LogP contribution >= 0.6 is 0 Å². The van der Waals surface area contributed by atoms with Gasteiger partial charge in [-0.1, -0.05) is 60.7 Å². The lowest BCUT2D eigenvalue weighted by molar-refractivity contribution is 0.103. The third-order valence-electron chi connectivity index (χ3n) is 4.93. The first kappa shape index (κ1) is 16.2. The van der Waals surface area contributed by atoms with Crippen molar-refractivity contribution < 1.29 is 9.59 Å².